The van der Waals surface area contributed by atoms with E-state index in [0.29, 0.717) is 15.7 Å². The second-order valence-electron chi connectivity index (χ2n) is 5.93. The van der Waals surface area contributed by atoms with E-state index in [1.165, 1.54) is 0 Å². The van der Waals surface area contributed by atoms with Crippen molar-refractivity contribution in [1.82, 2.24) is 14.4 Å². The number of aromatic nitrogens is 3. The van der Waals surface area contributed by atoms with Gasteiger partial charge in [-0.3, -0.25) is 8.61 Å². The molecule has 0 aliphatic rings. The summed E-state index contributed by atoms with van der Waals surface area (Å²) in [5, 5.41) is 0.457. The molecule has 0 radical (unpaired) electrons. The van der Waals surface area contributed by atoms with Crippen molar-refractivity contribution >= 4 is 28.2 Å². The van der Waals surface area contributed by atoms with E-state index in [0.717, 1.165) is 28.3 Å². The monoisotopic (exact) mass is 397 g/mol. The van der Waals surface area contributed by atoms with E-state index >= 15 is 0 Å². The summed E-state index contributed by atoms with van der Waals surface area (Å²) in [4.78, 5) is 9.67. The number of halogens is 1. The largest absolute Gasteiger partial charge is 0.497 e. The topological polar surface area (TPSA) is 56.5 Å². The average Bonchev–Trinajstić information content (AvgIpc) is 3.07. The lowest BCUT2D eigenvalue weighted by Gasteiger charge is -2.08. The standard InChI is InChI=1S/C20H16ClN3O2S/c1-26-15-7-4-13(5-8-15)19-18(23-20-22-10-3-11-24(19)20)14-6-9-17(27(2)25)16(21)12-14/h3-12H,1-2H3. The van der Waals surface area contributed by atoms with E-state index in [4.69, 9.17) is 21.3 Å². The minimum Gasteiger partial charge on any atom is -0.497 e. The summed E-state index contributed by atoms with van der Waals surface area (Å²) in [6, 6.07) is 15.1. The molecule has 27 heavy (non-hydrogen) atoms. The molecule has 4 aromatic rings. The normalized spacial score (nSPS) is 12.3. The maximum Gasteiger partial charge on any atom is 0.234 e. The maximum absolute atomic E-state index is 11.8. The number of imidazole rings is 1. The molecule has 5 nitrogen and oxygen atoms in total. The van der Waals surface area contributed by atoms with Crippen LogP contribution in [0.4, 0.5) is 0 Å². The highest BCUT2D eigenvalue weighted by Crippen LogP contribution is 2.35. The molecule has 0 aliphatic carbocycles. The smallest absolute Gasteiger partial charge is 0.234 e. The molecule has 0 amide bonds. The maximum atomic E-state index is 11.8. The fourth-order valence-electron chi connectivity index (χ4n) is 2.99. The van der Waals surface area contributed by atoms with Crippen LogP contribution in [-0.2, 0) is 10.8 Å². The first-order chi connectivity index (χ1) is 13.1. The second kappa shape index (κ2) is 7.13. The third-order valence-corrected chi connectivity index (χ3v) is 5.68. The average molecular weight is 398 g/mol. The van der Waals surface area contributed by atoms with Gasteiger partial charge in [0, 0.05) is 29.8 Å². The predicted molar refractivity (Wildman–Crippen MR) is 108 cm³/mol. The molecule has 2 aromatic carbocycles. The summed E-state index contributed by atoms with van der Waals surface area (Å²) in [6.45, 7) is 0. The fraction of sp³-hybridized carbons (Fsp3) is 0.100. The molecule has 7 heteroatoms. The van der Waals surface area contributed by atoms with Crippen molar-refractivity contribution in [3.63, 3.8) is 0 Å². The lowest BCUT2D eigenvalue weighted by atomic mass is 10.0. The molecule has 2 aromatic heterocycles. The molecular weight excluding hydrogens is 382 g/mol. The highest BCUT2D eigenvalue weighted by Gasteiger charge is 2.18. The quantitative estimate of drug-likeness (QED) is 0.510. The molecule has 0 saturated carbocycles. The van der Waals surface area contributed by atoms with Gasteiger partial charge >= 0.3 is 0 Å². The third kappa shape index (κ3) is 3.22. The van der Waals surface area contributed by atoms with Gasteiger partial charge in [-0.2, -0.15) is 0 Å². The van der Waals surface area contributed by atoms with Crippen LogP contribution in [0.25, 0.3) is 28.3 Å². The molecular formula is C20H16ClN3O2S. The van der Waals surface area contributed by atoms with Crippen molar-refractivity contribution in [3.8, 4) is 28.3 Å². The molecule has 0 aliphatic heterocycles. The first kappa shape index (κ1) is 17.7. The molecule has 1 unspecified atom stereocenters. The van der Waals surface area contributed by atoms with Crippen molar-refractivity contribution in [2.45, 2.75) is 4.90 Å². The molecule has 0 spiro atoms. The van der Waals surface area contributed by atoms with Gasteiger partial charge in [-0.25, -0.2) is 9.97 Å². The van der Waals surface area contributed by atoms with Gasteiger partial charge in [0.25, 0.3) is 0 Å². The van der Waals surface area contributed by atoms with Crippen LogP contribution in [-0.4, -0.2) is 31.9 Å². The lowest BCUT2D eigenvalue weighted by Crippen LogP contribution is -1.92. The van der Waals surface area contributed by atoms with Gasteiger partial charge in [-0.15, -0.1) is 0 Å². The minimum absolute atomic E-state index is 0.457. The van der Waals surface area contributed by atoms with E-state index < -0.39 is 10.8 Å². The third-order valence-electron chi connectivity index (χ3n) is 4.28. The predicted octanol–water partition coefficient (Wildman–Crippen LogP) is 4.46. The van der Waals surface area contributed by atoms with Gasteiger partial charge in [0.1, 0.15) is 5.75 Å². The number of ether oxygens (including phenoxy) is 1. The fourth-order valence-corrected chi connectivity index (χ4v) is 4.09. The summed E-state index contributed by atoms with van der Waals surface area (Å²) in [7, 11) is 0.490. The Morgan fingerprint density at radius 1 is 1.11 bits per heavy atom. The number of methoxy groups -OCH3 is 1. The van der Waals surface area contributed by atoms with E-state index in [2.05, 4.69) is 4.98 Å². The van der Waals surface area contributed by atoms with Crippen LogP contribution in [0.15, 0.2) is 65.8 Å². The van der Waals surface area contributed by atoms with Crippen LogP contribution in [0, 0.1) is 0 Å². The Balaban J connectivity index is 1.95. The molecule has 1 atom stereocenters. The molecule has 0 N–H and O–H groups in total. The summed E-state index contributed by atoms with van der Waals surface area (Å²) < 4.78 is 19.0. The first-order valence-electron chi connectivity index (χ1n) is 8.19. The molecule has 0 saturated heterocycles. The SMILES string of the molecule is COc1ccc(-c2c(-c3ccc(S(C)=O)c(Cl)c3)nc3ncccn23)cc1. The van der Waals surface area contributed by atoms with Gasteiger partial charge in [0.05, 0.1) is 39.2 Å². The van der Waals surface area contributed by atoms with Crippen molar-refractivity contribution in [2.75, 3.05) is 13.4 Å². The molecule has 2 heterocycles. The molecule has 0 bridgehead atoms. The van der Waals surface area contributed by atoms with Crippen molar-refractivity contribution in [2.24, 2.45) is 0 Å². The van der Waals surface area contributed by atoms with Crippen LogP contribution < -0.4 is 4.74 Å². The molecule has 0 fully saturated rings. The number of fused-ring (bicyclic) bond motifs is 1. The molecule has 4 rings (SSSR count). The van der Waals surface area contributed by atoms with Gasteiger partial charge < -0.3 is 4.74 Å². The zero-order valence-corrected chi connectivity index (χ0v) is 16.3. The second-order valence-corrected chi connectivity index (χ2v) is 7.68. The van der Waals surface area contributed by atoms with Crippen LogP contribution in [0.3, 0.4) is 0 Å². The Bertz CT molecular complexity index is 1160. The van der Waals surface area contributed by atoms with E-state index in [-0.39, 0.29) is 0 Å². The first-order valence-corrected chi connectivity index (χ1v) is 10.1. The lowest BCUT2D eigenvalue weighted by molar-refractivity contribution is 0.415. The highest BCUT2D eigenvalue weighted by molar-refractivity contribution is 7.84. The van der Waals surface area contributed by atoms with Crippen molar-refractivity contribution in [3.05, 3.63) is 65.9 Å². The summed E-state index contributed by atoms with van der Waals surface area (Å²) in [6.07, 6.45) is 5.24. The summed E-state index contributed by atoms with van der Waals surface area (Å²) >= 11 is 6.35. The van der Waals surface area contributed by atoms with Crippen LogP contribution in [0.2, 0.25) is 5.02 Å². The minimum atomic E-state index is -1.15. The number of nitrogens with zero attached hydrogens (tertiary/aromatic N) is 3. The Morgan fingerprint density at radius 3 is 2.52 bits per heavy atom. The number of hydrogen-bond donors (Lipinski definition) is 0. The Hall–Kier alpha value is -2.70. The van der Waals surface area contributed by atoms with Crippen LogP contribution in [0.1, 0.15) is 0 Å². The summed E-state index contributed by atoms with van der Waals surface area (Å²) in [5.41, 5.74) is 3.48. The number of rotatable bonds is 4. The molecule has 136 valence electrons. The van der Waals surface area contributed by atoms with Crippen LogP contribution >= 0.6 is 11.6 Å². The van der Waals surface area contributed by atoms with E-state index in [1.807, 2.05) is 47.0 Å². The Kier molecular flexibility index (Phi) is 4.68. The van der Waals surface area contributed by atoms with Gasteiger partial charge in [-0.1, -0.05) is 17.7 Å². The van der Waals surface area contributed by atoms with E-state index in [9.17, 15) is 4.21 Å². The van der Waals surface area contributed by atoms with Gasteiger partial charge in [-0.05, 0) is 42.5 Å². The van der Waals surface area contributed by atoms with Gasteiger partial charge in [0.15, 0.2) is 0 Å². The number of hydrogen-bond acceptors (Lipinski definition) is 4. The van der Waals surface area contributed by atoms with Crippen LogP contribution in [0.5, 0.6) is 5.75 Å². The van der Waals surface area contributed by atoms with Gasteiger partial charge in [0.2, 0.25) is 5.78 Å². The van der Waals surface area contributed by atoms with Crippen molar-refractivity contribution in [1.29, 1.82) is 0 Å². The zero-order chi connectivity index (χ0) is 19.0. The van der Waals surface area contributed by atoms with E-state index in [1.54, 1.807) is 31.7 Å². The number of benzene rings is 2. The summed E-state index contributed by atoms with van der Waals surface area (Å²) in [5.74, 6) is 1.38. The highest BCUT2D eigenvalue weighted by atomic mass is 35.5. The zero-order valence-electron chi connectivity index (χ0n) is 14.7. The Morgan fingerprint density at radius 2 is 1.85 bits per heavy atom. The Labute approximate surface area is 164 Å². The van der Waals surface area contributed by atoms with Crippen molar-refractivity contribution < 1.29 is 8.95 Å².